The Balaban J connectivity index is 3.06. The van der Waals surface area contributed by atoms with Crippen LogP contribution >= 0.6 is 0 Å². The van der Waals surface area contributed by atoms with Crippen LogP contribution in [0, 0.1) is 0 Å². The Labute approximate surface area is 132 Å². The third kappa shape index (κ3) is 6.09. The normalized spacial score (nSPS) is 12.0. The molecule has 0 radical (unpaired) electrons. The maximum absolute atomic E-state index is 12.8. The topological polar surface area (TPSA) is 72.5 Å². The van der Waals surface area contributed by atoms with Crippen LogP contribution in [0.1, 0.15) is 25.8 Å². The molecule has 0 saturated heterocycles. The Hall–Kier alpha value is -1.77. The molecule has 0 spiro atoms. The van der Waals surface area contributed by atoms with Gasteiger partial charge in [-0.1, -0.05) is 13.8 Å². The summed E-state index contributed by atoms with van der Waals surface area (Å²) >= 11 is 0. The Morgan fingerprint density at radius 2 is 1.91 bits per heavy atom. The summed E-state index contributed by atoms with van der Waals surface area (Å²) in [6.45, 7) is 3.44. The van der Waals surface area contributed by atoms with Gasteiger partial charge in [-0.2, -0.15) is 13.2 Å². The lowest BCUT2D eigenvalue weighted by atomic mass is 10.1. The molecule has 0 aliphatic heterocycles. The fourth-order valence-corrected chi connectivity index (χ4v) is 2.31. The van der Waals surface area contributed by atoms with Crippen molar-refractivity contribution < 1.29 is 31.1 Å². The van der Waals surface area contributed by atoms with Gasteiger partial charge in [0.25, 0.3) is 0 Å². The van der Waals surface area contributed by atoms with E-state index in [4.69, 9.17) is 4.74 Å². The number of hydrogen-bond donors (Lipinski definition) is 1. The fraction of sp³-hybridized carbons (Fsp3) is 0.500. The van der Waals surface area contributed by atoms with Gasteiger partial charge < -0.3 is 10.1 Å². The average Bonchev–Trinajstić information content (AvgIpc) is 2.44. The molecule has 0 aromatic heterocycles. The minimum atomic E-state index is -4.59. The Kier molecular flexibility index (Phi) is 6.43. The van der Waals surface area contributed by atoms with Crippen molar-refractivity contribution in [3.63, 3.8) is 0 Å². The number of halogens is 3. The number of nitrogens with one attached hydrogen (secondary N) is 1. The molecule has 0 atom stereocenters. The number of rotatable bonds is 7. The van der Waals surface area contributed by atoms with E-state index in [0.717, 1.165) is 18.2 Å². The summed E-state index contributed by atoms with van der Waals surface area (Å²) in [5, 5.41) is 2.18. The molecular formula is C14H18F3NO4S. The van der Waals surface area contributed by atoms with E-state index in [9.17, 15) is 26.4 Å². The molecule has 0 aliphatic rings. The monoisotopic (exact) mass is 353 g/mol. The highest BCUT2D eigenvalue weighted by atomic mass is 32.2. The molecule has 0 unspecified atom stereocenters. The number of carbonyl (C=O) groups is 1. The molecule has 0 saturated carbocycles. The van der Waals surface area contributed by atoms with Crippen LogP contribution < -0.4 is 10.1 Å². The van der Waals surface area contributed by atoms with Crippen LogP contribution in [0.3, 0.4) is 0 Å². The molecule has 1 amide bonds. The first-order valence-corrected chi connectivity index (χ1v) is 8.75. The van der Waals surface area contributed by atoms with Crippen molar-refractivity contribution in [2.45, 2.75) is 26.4 Å². The standard InChI is InChI=1S/C14H18F3NO4S/c1-3-7-22-12-6-5-10(14(15,16)17)8-11(12)18-13(19)9-23(20,21)4-2/h5-6,8H,3-4,7,9H2,1-2H3,(H,18,19). The molecule has 1 aromatic rings. The van der Waals surface area contributed by atoms with E-state index < -0.39 is 33.2 Å². The number of amides is 1. The van der Waals surface area contributed by atoms with Crippen LogP contribution in [0.4, 0.5) is 18.9 Å². The maximum Gasteiger partial charge on any atom is 0.416 e. The Morgan fingerprint density at radius 1 is 1.26 bits per heavy atom. The second-order valence-electron chi connectivity index (χ2n) is 4.78. The largest absolute Gasteiger partial charge is 0.491 e. The lowest BCUT2D eigenvalue weighted by Crippen LogP contribution is -2.24. The van der Waals surface area contributed by atoms with Crippen LogP contribution in [0.15, 0.2) is 18.2 Å². The van der Waals surface area contributed by atoms with E-state index in [-0.39, 0.29) is 23.8 Å². The van der Waals surface area contributed by atoms with Crippen molar-refractivity contribution in [3.8, 4) is 5.75 Å². The van der Waals surface area contributed by atoms with Gasteiger partial charge in [0.1, 0.15) is 11.5 Å². The van der Waals surface area contributed by atoms with Gasteiger partial charge in [0.15, 0.2) is 9.84 Å². The SMILES string of the molecule is CCCOc1ccc(C(F)(F)F)cc1NC(=O)CS(=O)(=O)CC. The van der Waals surface area contributed by atoms with E-state index in [1.807, 2.05) is 6.92 Å². The van der Waals surface area contributed by atoms with Gasteiger partial charge in [-0.25, -0.2) is 8.42 Å². The zero-order valence-electron chi connectivity index (χ0n) is 12.7. The van der Waals surface area contributed by atoms with E-state index in [0.29, 0.717) is 6.42 Å². The van der Waals surface area contributed by atoms with Crippen molar-refractivity contribution in [1.29, 1.82) is 0 Å². The number of alkyl halides is 3. The van der Waals surface area contributed by atoms with Crippen LogP contribution in [-0.4, -0.2) is 32.4 Å². The zero-order chi connectivity index (χ0) is 17.7. The molecule has 0 fully saturated rings. The number of hydrogen-bond acceptors (Lipinski definition) is 4. The van der Waals surface area contributed by atoms with Crippen LogP contribution in [0.25, 0.3) is 0 Å². The first-order chi connectivity index (χ1) is 10.6. The summed E-state index contributed by atoms with van der Waals surface area (Å²) in [4.78, 5) is 11.7. The van der Waals surface area contributed by atoms with Crippen molar-refractivity contribution in [2.24, 2.45) is 0 Å². The van der Waals surface area contributed by atoms with Gasteiger partial charge >= 0.3 is 6.18 Å². The average molecular weight is 353 g/mol. The summed E-state index contributed by atoms with van der Waals surface area (Å²) in [6, 6.07) is 2.66. The van der Waals surface area contributed by atoms with E-state index in [2.05, 4.69) is 5.32 Å². The predicted molar refractivity (Wildman–Crippen MR) is 80.2 cm³/mol. The number of ether oxygens (including phenoxy) is 1. The summed E-state index contributed by atoms with van der Waals surface area (Å²) in [7, 11) is -3.58. The molecule has 0 bridgehead atoms. The zero-order valence-corrected chi connectivity index (χ0v) is 13.6. The quantitative estimate of drug-likeness (QED) is 0.818. The molecule has 0 aliphatic carbocycles. The van der Waals surface area contributed by atoms with Crippen molar-refractivity contribution in [3.05, 3.63) is 23.8 Å². The van der Waals surface area contributed by atoms with Gasteiger partial charge in [-0.15, -0.1) is 0 Å². The first kappa shape index (κ1) is 19.3. The maximum atomic E-state index is 12.8. The van der Waals surface area contributed by atoms with Gasteiger partial charge in [0.05, 0.1) is 17.9 Å². The number of sulfone groups is 1. The van der Waals surface area contributed by atoms with E-state index in [1.54, 1.807) is 0 Å². The highest BCUT2D eigenvalue weighted by molar-refractivity contribution is 7.92. The smallest absolute Gasteiger partial charge is 0.416 e. The van der Waals surface area contributed by atoms with E-state index in [1.165, 1.54) is 6.92 Å². The molecule has 5 nitrogen and oxygen atoms in total. The summed E-state index contributed by atoms with van der Waals surface area (Å²) < 4.78 is 66.4. The van der Waals surface area contributed by atoms with Gasteiger partial charge in [0.2, 0.25) is 5.91 Å². The van der Waals surface area contributed by atoms with Crippen LogP contribution in [0.2, 0.25) is 0 Å². The van der Waals surface area contributed by atoms with Crippen molar-refractivity contribution in [2.75, 3.05) is 23.4 Å². The van der Waals surface area contributed by atoms with E-state index >= 15 is 0 Å². The third-order valence-corrected chi connectivity index (χ3v) is 4.42. The van der Waals surface area contributed by atoms with Gasteiger partial charge in [-0.3, -0.25) is 4.79 Å². The first-order valence-electron chi connectivity index (χ1n) is 6.93. The minimum absolute atomic E-state index is 0.0575. The van der Waals surface area contributed by atoms with Crippen LogP contribution in [0.5, 0.6) is 5.75 Å². The lowest BCUT2D eigenvalue weighted by Gasteiger charge is -2.15. The number of benzene rings is 1. The van der Waals surface area contributed by atoms with Gasteiger partial charge in [-0.05, 0) is 24.6 Å². The third-order valence-electron chi connectivity index (χ3n) is 2.83. The molecule has 23 heavy (non-hydrogen) atoms. The fourth-order valence-electron chi connectivity index (χ4n) is 1.63. The van der Waals surface area contributed by atoms with Crippen LogP contribution in [-0.2, 0) is 20.8 Å². The Bertz CT molecular complexity index is 656. The number of carbonyl (C=O) groups excluding carboxylic acids is 1. The number of anilines is 1. The summed E-state index contributed by atoms with van der Waals surface area (Å²) in [5.74, 6) is -1.88. The van der Waals surface area contributed by atoms with Crippen molar-refractivity contribution >= 4 is 21.4 Å². The molecule has 1 N–H and O–H groups in total. The molecule has 9 heteroatoms. The minimum Gasteiger partial charge on any atom is -0.491 e. The Morgan fingerprint density at radius 3 is 2.43 bits per heavy atom. The second-order valence-corrected chi connectivity index (χ2v) is 7.14. The molecule has 1 rings (SSSR count). The van der Waals surface area contributed by atoms with Gasteiger partial charge in [0, 0.05) is 5.75 Å². The molecule has 130 valence electrons. The second kappa shape index (κ2) is 7.67. The molecular weight excluding hydrogens is 335 g/mol. The summed E-state index contributed by atoms with van der Waals surface area (Å²) in [6.07, 6.45) is -3.96. The van der Waals surface area contributed by atoms with Crippen molar-refractivity contribution in [1.82, 2.24) is 0 Å². The molecule has 0 heterocycles. The highest BCUT2D eigenvalue weighted by Gasteiger charge is 2.31. The lowest BCUT2D eigenvalue weighted by molar-refractivity contribution is -0.137. The predicted octanol–water partition coefficient (Wildman–Crippen LogP) is 2.87. The highest BCUT2D eigenvalue weighted by Crippen LogP contribution is 2.35. The molecule has 1 aromatic carbocycles. The summed E-state index contributed by atoms with van der Waals surface area (Å²) in [5.41, 5.74) is -1.17.